The summed E-state index contributed by atoms with van der Waals surface area (Å²) < 4.78 is 0. The molecule has 112 valence electrons. The Balaban J connectivity index is 1.96. The molecule has 0 spiro atoms. The van der Waals surface area contributed by atoms with Crippen LogP contribution in [0.5, 0.6) is 0 Å². The van der Waals surface area contributed by atoms with Crippen LogP contribution in [0.1, 0.15) is 31.9 Å². The fraction of sp³-hybridized carbons (Fsp3) is 0.625. The Bertz CT molecular complexity index is 427. The second-order valence-electron chi connectivity index (χ2n) is 5.50. The Morgan fingerprint density at radius 1 is 1.40 bits per heavy atom. The molecular weight excluding hydrogens is 288 g/mol. The average molecular weight is 313 g/mol. The minimum atomic E-state index is 0.334. The van der Waals surface area contributed by atoms with Crippen molar-refractivity contribution in [2.24, 2.45) is 0 Å². The molecular formula is C16H25ClN2S. The highest BCUT2D eigenvalue weighted by atomic mass is 35.5. The van der Waals surface area contributed by atoms with Crippen LogP contribution in [0.15, 0.2) is 24.3 Å². The summed E-state index contributed by atoms with van der Waals surface area (Å²) in [5.41, 5.74) is 1.21. The van der Waals surface area contributed by atoms with Gasteiger partial charge >= 0.3 is 0 Å². The van der Waals surface area contributed by atoms with Crippen LogP contribution in [0, 0.1) is 0 Å². The summed E-state index contributed by atoms with van der Waals surface area (Å²) in [6, 6.07) is 9.15. The number of hydrogen-bond acceptors (Lipinski definition) is 3. The standard InChI is InChI=1S/C16H25ClN2S/c1-12-13(2)20-11-10-19(12)9-8-16(18-3)14-6-4-5-7-15(14)17/h4-7,12-13,16,18H,8-11H2,1-3H3. The first kappa shape index (κ1) is 16.2. The first-order chi connectivity index (χ1) is 9.63. The molecule has 1 heterocycles. The van der Waals surface area contributed by atoms with E-state index in [1.54, 1.807) is 0 Å². The Labute approximate surface area is 132 Å². The van der Waals surface area contributed by atoms with Gasteiger partial charge in [-0.2, -0.15) is 11.8 Å². The predicted octanol–water partition coefficient (Wildman–Crippen LogP) is 3.82. The van der Waals surface area contributed by atoms with Gasteiger partial charge in [-0.15, -0.1) is 0 Å². The van der Waals surface area contributed by atoms with Gasteiger partial charge in [-0.25, -0.2) is 0 Å². The first-order valence-electron chi connectivity index (χ1n) is 7.40. The van der Waals surface area contributed by atoms with Gasteiger partial charge in [0.2, 0.25) is 0 Å². The Hall–Kier alpha value is -0.220. The lowest BCUT2D eigenvalue weighted by molar-refractivity contribution is 0.203. The van der Waals surface area contributed by atoms with E-state index in [9.17, 15) is 0 Å². The average Bonchev–Trinajstić information content (AvgIpc) is 2.45. The molecule has 2 nitrogen and oxygen atoms in total. The van der Waals surface area contributed by atoms with Crippen molar-refractivity contribution in [2.75, 3.05) is 25.9 Å². The molecule has 1 aromatic rings. The SMILES string of the molecule is CNC(CCN1CCSC(C)C1C)c1ccccc1Cl. The Morgan fingerprint density at radius 3 is 2.85 bits per heavy atom. The van der Waals surface area contributed by atoms with E-state index < -0.39 is 0 Å². The van der Waals surface area contributed by atoms with E-state index in [-0.39, 0.29) is 0 Å². The minimum Gasteiger partial charge on any atom is -0.313 e. The van der Waals surface area contributed by atoms with Crippen molar-refractivity contribution in [3.8, 4) is 0 Å². The molecule has 1 N–H and O–H groups in total. The van der Waals surface area contributed by atoms with Gasteiger partial charge in [0, 0.05) is 41.2 Å². The smallest absolute Gasteiger partial charge is 0.0453 e. The largest absolute Gasteiger partial charge is 0.313 e. The lowest BCUT2D eigenvalue weighted by Crippen LogP contribution is -2.45. The zero-order valence-electron chi connectivity index (χ0n) is 12.6. The van der Waals surface area contributed by atoms with Crippen LogP contribution in [0.3, 0.4) is 0 Å². The molecule has 0 aliphatic carbocycles. The topological polar surface area (TPSA) is 15.3 Å². The van der Waals surface area contributed by atoms with Crippen molar-refractivity contribution >= 4 is 23.4 Å². The quantitative estimate of drug-likeness (QED) is 0.890. The lowest BCUT2D eigenvalue weighted by atomic mass is 10.0. The molecule has 0 radical (unpaired) electrons. The van der Waals surface area contributed by atoms with Crippen molar-refractivity contribution in [3.05, 3.63) is 34.9 Å². The van der Waals surface area contributed by atoms with Gasteiger partial charge in [0.15, 0.2) is 0 Å². The third-order valence-corrected chi connectivity index (χ3v) is 6.03. The molecule has 3 unspecified atom stereocenters. The lowest BCUT2D eigenvalue weighted by Gasteiger charge is -2.38. The minimum absolute atomic E-state index is 0.334. The summed E-state index contributed by atoms with van der Waals surface area (Å²) in [7, 11) is 2.02. The summed E-state index contributed by atoms with van der Waals surface area (Å²) in [4.78, 5) is 2.61. The molecule has 0 amide bonds. The van der Waals surface area contributed by atoms with Gasteiger partial charge in [-0.05, 0) is 32.0 Å². The maximum Gasteiger partial charge on any atom is 0.0453 e. The van der Waals surface area contributed by atoms with Crippen LogP contribution >= 0.6 is 23.4 Å². The van der Waals surface area contributed by atoms with Gasteiger partial charge in [0.05, 0.1) is 0 Å². The zero-order chi connectivity index (χ0) is 14.5. The van der Waals surface area contributed by atoms with Crippen LogP contribution in [0.25, 0.3) is 0 Å². The van der Waals surface area contributed by atoms with Crippen molar-refractivity contribution < 1.29 is 0 Å². The molecule has 2 rings (SSSR count). The molecule has 1 aromatic carbocycles. The highest BCUT2D eigenvalue weighted by molar-refractivity contribution is 8.00. The van der Waals surface area contributed by atoms with Gasteiger partial charge in [-0.1, -0.05) is 36.7 Å². The summed E-state index contributed by atoms with van der Waals surface area (Å²) >= 11 is 8.40. The normalized spacial score (nSPS) is 25.6. The van der Waals surface area contributed by atoms with Gasteiger partial charge < -0.3 is 5.32 Å². The summed E-state index contributed by atoms with van der Waals surface area (Å²) in [5, 5.41) is 5.01. The predicted molar refractivity (Wildman–Crippen MR) is 90.8 cm³/mol. The summed E-state index contributed by atoms with van der Waals surface area (Å²) in [6.45, 7) is 7.02. The van der Waals surface area contributed by atoms with E-state index in [1.165, 1.54) is 17.9 Å². The molecule has 1 saturated heterocycles. The monoisotopic (exact) mass is 312 g/mol. The van der Waals surface area contributed by atoms with Gasteiger partial charge in [-0.3, -0.25) is 4.90 Å². The number of halogens is 1. The van der Waals surface area contributed by atoms with Crippen LogP contribution in [0.2, 0.25) is 5.02 Å². The zero-order valence-corrected chi connectivity index (χ0v) is 14.2. The van der Waals surface area contributed by atoms with E-state index >= 15 is 0 Å². The molecule has 4 heteroatoms. The van der Waals surface area contributed by atoms with E-state index in [0.29, 0.717) is 12.1 Å². The van der Waals surface area contributed by atoms with E-state index in [4.69, 9.17) is 11.6 Å². The molecule has 1 fully saturated rings. The highest BCUT2D eigenvalue weighted by Crippen LogP contribution is 2.28. The molecule has 0 saturated carbocycles. The first-order valence-corrected chi connectivity index (χ1v) is 8.83. The molecule has 3 atom stereocenters. The Kier molecular flexibility index (Phi) is 6.21. The second kappa shape index (κ2) is 7.69. The number of nitrogens with one attached hydrogen (secondary N) is 1. The summed E-state index contributed by atoms with van der Waals surface area (Å²) in [6.07, 6.45) is 1.10. The molecule has 1 aliphatic heterocycles. The third-order valence-electron chi connectivity index (χ3n) is 4.35. The number of benzene rings is 1. The van der Waals surface area contributed by atoms with Crippen molar-refractivity contribution in [2.45, 2.75) is 37.6 Å². The van der Waals surface area contributed by atoms with Crippen LogP contribution < -0.4 is 5.32 Å². The third kappa shape index (κ3) is 3.91. The number of thioether (sulfide) groups is 1. The maximum absolute atomic E-state index is 6.31. The van der Waals surface area contributed by atoms with Crippen LogP contribution in [-0.2, 0) is 0 Å². The van der Waals surface area contributed by atoms with Gasteiger partial charge in [0.25, 0.3) is 0 Å². The number of hydrogen-bond donors (Lipinski definition) is 1. The van der Waals surface area contributed by atoms with E-state index in [2.05, 4.69) is 48.0 Å². The van der Waals surface area contributed by atoms with Crippen LogP contribution in [-0.4, -0.2) is 42.1 Å². The number of rotatable bonds is 5. The Morgan fingerprint density at radius 2 is 2.15 bits per heavy atom. The molecule has 0 bridgehead atoms. The van der Waals surface area contributed by atoms with Crippen molar-refractivity contribution in [1.82, 2.24) is 10.2 Å². The number of nitrogens with zero attached hydrogens (tertiary/aromatic N) is 1. The summed E-state index contributed by atoms with van der Waals surface area (Å²) in [5.74, 6) is 1.25. The molecule has 1 aliphatic rings. The van der Waals surface area contributed by atoms with Crippen molar-refractivity contribution in [1.29, 1.82) is 0 Å². The highest BCUT2D eigenvalue weighted by Gasteiger charge is 2.25. The molecule has 0 aromatic heterocycles. The van der Waals surface area contributed by atoms with E-state index in [1.807, 2.05) is 19.2 Å². The van der Waals surface area contributed by atoms with E-state index in [0.717, 1.165) is 23.2 Å². The fourth-order valence-corrected chi connectivity index (χ4v) is 4.25. The maximum atomic E-state index is 6.31. The van der Waals surface area contributed by atoms with Crippen molar-refractivity contribution in [3.63, 3.8) is 0 Å². The second-order valence-corrected chi connectivity index (χ2v) is 7.40. The van der Waals surface area contributed by atoms with Crippen LogP contribution in [0.4, 0.5) is 0 Å². The molecule has 20 heavy (non-hydrogen) atoms. The van der Waals surface area contributed by atoms with Gasteiger partial charge in [0.1, 0.15) is 0 Å². The fourth-order valence-electron chi connectivity index (χ4n) is 2.82.